The number of anilines is 2. The molecule has 5 rings (SSSR count). The average Bonchev–Trinajstić information content (AvgIpc) is 3.34. The Labute approximate surface area is 173 Å². The molecule has 0 aliphatic carbocycles. The lowest BCUT2D eigenvalue weighted by Crippen LogP contribution is -2.50. The first-order valence-corrected chi connectivity index (χ1v) is 9.90. The van der Waals surface area contributed by atoms with Crippen molar-refractivity contribution in [3.05, 3.63) is 73.1 Å². The van der Waals surface area contributed by atoms with Crippen LogP contribution < -0.4 is 10.2 Å². The van der Waals surface area contributed by atoms with E-state index in [4.69, 9.17) is 0 Å². The molecule has 0 bridgehead atoms. The van der Waals surface area contributed by atoms with E-state index in [9.17, 15) is 4.79 Å². The van der Waals surface area contributed by atoms with Gasteiger partial charge in [-0.2, -0.15) is 5.10 Å². The smallest absolute Gasteiger partial charge is 0.321 e. The molecule has 8 nitrogen and oxygen atoms in total. The number of rotatable bonds is 3. The fourth-order valence-corrected chi connectivity index (χ4v) is 3.62. The van der Waals surface area contributed by atoms with Gasteiger partial charge in [-0.25, -0.2) is 9.48 Å². The van der Waals surface area contributed by atoms with E-state index in [0.29, 0.717) is 32.0 Å². The van der Waals surface area contributed by atoms with Gasteiger partial charge in [-0.05, 0) is 41.1 Å². The van der Waals surface area contributed by atoms with Gasteiger partial charge in [0, 0.05) is 44.3 Å². The van der Waals surface area contributed by atoms with Crippen molar-refractivity contribution < 1.29 is 4.79 Å². The van der Waals surface area contributed by atoms with Gasteiger partial charge in [-0.1, -0.05) is 30.3 Å². The summed E-state index contributed by atoms with van der Waals surface area (Å²) < 4.78 is 1.67. The molecule has 1 saturated heterocycles. The number of hydrogen-bond acceptors (Lipinski definition) is 5. The first kappa shape index (κ1) is 18.1. The third-order valence-corrected chi connectivity index (χ3v) is 5.27. The molecule has 30 heavy (non-hydrogen) atoms. The Bertz CT molecular complexity index is 1150. The van der Waals surface area contributed by atoms with Crippen LogP contribution in [0.4, 0.5) is 16.3 Å². The summed E-state index contributed by atoms with van der Waals surface area (Å²) in [5.74, 6) is 1.48. The van der Waals surface area contributed by atoms with Crippen molar-refractivity contribution in [2.24, 2.45) is 0 Å². The summed E-state index contributed by atoms with van der Waals surface area (Å²) in [5, 5.41) is 18.0. The number of carbonyl (C=O) groups excluding carboxylic acids is 1. The highest BCUT2D eigenvalue weighted by Gasteiger charge is 2.22. The van der Waals surface area contributed by atoms with Gasteiger partial charge >= 0.3 is 6.03 Å². The first-order valence-electron chi connectivity index (χ1n) is 9.90. The lowest BCUT2D eigenvalue weighted by atomic mass is 10.1. The van der Waals surface area contributed by atoms with Crippen LogP contribution in [0.25, 0.3) is 16.6 Å². The molecule has 0 atom stereocenters. The molecule has 2 aromatic heterocycles. The maximum atomic E-state index is 12.7. The number of benzene rings is 2. The molecule has 2 aromatic carbocycles. The largest absolute Gasteiger partial charge is 0.352 e. The molecule has 0 radical (unpaired) electrons. The molecule has 8 heteroatoms. The second kappa shape index (κ2) is 7.82. The molecule has 1 N–H and O–H groups in total. The molecule has 150 valence electrons. The second-order valence-electron chi connectivity index (χ2n) is 7.17. The van der Waals surface area contributed by atoms with Crippen LogP contribution >= 0.6 is 0 Å². The summed E-state index contributed by atoms with van der Waals surface area (Å²) in [6.45, 7) is 2.67. The van der Waals surface area contributed by atoms with E-state index in [-0.39, 0.29) is 6.03 Å². The quantitative estimate of drug-likeness (QED) is 0.572. The van der Waals surface area contributed by atoms with E-state index >= 15 is 0 Å². The summed E-state index contributed by atoms with van der Waals surface area (Å²) in [6.07, 6.45) is 3.54. The van der Waals surface area contributed by atoms with Crippen LogP contribution in [0.1, 0.15) is 0 Å². The minimum atomic E-state index is -0.0787. The Balaban J connectivity index is 1.19. The minimum Gasteiger partial charge on any atom is -0.352 e. The lowest BCUT2D eigenvalue weighted by molar-refractivity contribution is 0.208. The standard InChI is InChI=1S/C22H21N7O/c30-22(24-19-7-6-17-4-1-2-5-18(17)16-19)28-14-12-27(13-15-28)20-8-9-21(26-25-20)29-11-3-10-23-29/h1-11,16H,12-15H2,(H,24,30). The fraction of sp³-hybridized carbons (Fsp3) is 0.182. The number of aromatic nitrogens is 4. The highest BCUT2D eigenvalue weighted by molar-refractivity contribution is 5.93. The molecular formula is C22H21N7O. The summed E-state index contributed by atoms with van der Waals surface area (Å²) in [5.41, 5.74) is 0.807. The van der Waals surface area contributed by atoms with Crippen molar-refractivity contribution in [1.29, 1.82) is 0 Å². The maximum Gasteiger partial charge on any atom is 0.321 e. The summed E-state index contributed by atoms with van der Waals surface area (Å²) in [6, 6.07) is 19.7. The number of piperazine rings is 1. The van der Waals surface area contributed by atoms with Crippen molar-refractivity contribution in [2.75, 3.05) is 36.4 Å². The zero-order valence-electron chi connectivity index (χ0n) is 16.3. The first-order chi connectivity index (χ1) is 14.8. The maximum absolute atomic E-state index is 12.7. The van der Waals surface area contributed by atoms with Gasteiger partial charge < -0.3 is 15.1 Å². The van der Waals surface area contributed by atoms with Crippen LogP contribution in [0.3, 0.4) is 0 Å². The SMILES string of the molecule is O=C(Nc1ccc2ccccc2c1)N1CCN(c2ccc(-n3cccn3)nn2)CC1. The summed E-state index contributed by atoms with van der Waals surface area (Å²) in [7, 11) is 0. The van der Waals surface area contributed by atoms with Gasteiger partial charge in [-0.3, -0.25) is 0 Å². The normalized spacial score (nSPS) is 14.1. The highest BCUT2D eigenvalue weighted by Crippen LogP contribution is 2.20. The third kappa shape index (κ3) is 3.67. The predicted molar refractivity (Wildman–Crippen MR) is 116 cm³/mol. The molecule has 0 unspecified atom stereocenters. The molecule has 2 amide bonds. The van der Waals surface area contributed by atoms with Crippen molar-refractivity contribution in [3.63, 3.8) is 0 Å². The van der Waals surface area contributed by atoms with E-state index in [1.165, 1.54) is 0 Å². The van der Waals surface area contributed by atoms with Crippen molar-refractivity contribution in [2.45, 2.75) is 0 Å². The molecular weight excluding hydrogens is 378 g/mol. The number of carbonyl (C=O) groups is 1. The minimum absolute atomic E-state index is 0.0787. The molecule has 1 fully saturated rings. The van der Waals surface area contributed by atoms with Crippen LogP contribution in [0.15, 0.2) is 73.1 Å². The average molecular weight is 399 g/mol. The van der Waals surface area contributed by atoms with Crippen LogP contribution in [0.5, 0.6) is 0 Å². The Morgan fingerprint density at radius 3 is 2.33 bits per heavy atom. The zero-order valence-corrected chi connectivity index (χ0v) is 16.3. The number of hydrogen-bond donors (Lipinski definition) is 1. The van der Waals surface area contributed by atoms with Crippen LogP contribution in [-0.4, -0.2) is 57.1 Å². The monoisotopic (exact) mass is 399 g/mol. The Hall–Kier alpha value is -3.94. The van der Waals surface area contributed by atoms with Crippen LogP contribution in [-0.2, 0) is 0 Å². The number of amides is 2. The number of nitrogens with zero attached hydrogens (tertiary/aromatic N) is 6. The second-order valence-corrected chi connectivity index (χ2v) is 7.17. The molecule has 1 aliphatic heterocycles. The number of urea groups is 1. The fourth-order valence-electron chi connectivity index (χ4n) is 3.62. The summed E-state index contributed by atoms with van der Waals surface area (Å²) in [4.78, 5) is 16.7. The number of fused-ring (bicyclic) bond motifs is 1. The number of nitrogens with one attached hydrogen (secondary N) is 1. The predicted octanol–water partition coefficient (Wildman–Crippen LogP) is 3.17. The Morgan fingerprint density at radius 1 is 0.833 bits per heavy atom. The van der Waals surface area contributed by atoms with Crippen molar-refractivity contribution in [3.8, 4) is 5.82 Å². The van der Waals surface area contributed by atoms with Gasteiger partial charge in [-0.15, -0.1) is 10.2 Å². The van der Waals surface area contributed by atoms with Crippen molar-refractivity contribution in [1.82, 2.24) is 24.9 Å². The molecule has 3 heterocycles. The van der Waals surface area contributed by atoms with E-state index in [1.807, 2.05) is 65.7 Å². The van der Waals surface area contributed by atoms with Gasteiger partial charge in [0.15, 0.2) is 11.6 Å². The van der Waals surface area contributed by atoms with E-state index in [2.05, 4.69) is 31.6 Å². The van der Waals surface area contributed by atoms with Crippen LogP contribution in [0.2, 0.25) is 0 Å². The van der Waals surface area contributed by atoms with E-state index in [1.54, 1.807) is 10.9 Å². The Morgan fingerprint density at radius 2 is 1.60 bits per heavy atom. The zero-order chi connectivity index (χ0) is 20.3. The molecule has 0 spiro atoms. The Kier molecular flexibility index (Phi) is 4.72. The topological polar surface area (TPSA) is 79.2 Å². The van der Waals surface area contributed by atoms with E-state index < -0.39 is 0 Å². The van der Waals surface area contributed by atoms with Crippen LogP contribution in [0, 0.1) is 0 Å². The molecule has 4 aromatic rings. The van der Waals surface area contributed by atoms with Gasteiger partial charge in [0.2, 0.25) is 0 Å². The van der Waals surface area contributed by atoms with Crippen molar-refractivity contribution >= 4 is 28.3 Å². The molecule has 1 aliphatic rings. The van der Waals surface area contributed by atoms with E-state index in [0.717, 1.165) is 22.3 Å². The molecule has 0 saturated carbocycles. The lowest BCUT2D eigenvalue weighted by Gasteiger charge is -2.35. The van der Waals surface area contributed by atoms with Gasteiger partial charge in [0.05, 0.1) is 0 Å². The third-order valence-electron chi connectivity index (χ3n) is 5.27. The van der Waals surface area contributed by atoms with Gasteiger partial charge in [0.1, 0.15) is 0 Å². The summed E-state index contributed by atoms with van der Waals surface area (Å²) >= 11 is 0. The highest BCUT2D eigenvalue weighted by atomic mass is 16.2. The van der Waals surface area contributed by atoms with Gasteiger partial charge in [0.25, 0.3) is 0 Å².